The highest BCUT2D eigenvalue weighted by Crippen LogP contribution is 2.18. The third-order valence-corrected chi connectivity index (χ3v) is 2.82. The van der Waals surface area contributed by atoms with Gasteiger partial charge in [-0.05, 0) is 26.0 Å². The molecule has 0 bridgehead atoms. The molecule has 6 nitrogen and oxygen atoms in total. The van der Waals surface area contributed by atoms with E-state index in [4.69, 9.17) is 5.84 Å². The number of hydrogen-bond acceptors (Lipinski definition) is 5. The monoisotopic (exact) mass is 249 g/mol. The molecule has 1 aromatic rings. The number of nitrogens with zero attached hydrogens (tertiary/aromatic N) is 2. The van der Waals surface area contributed by atoms with Gasteiger partial charge in [-0.3, -0.25) is 9.69 Å². The van der Waals surface area contributed by atoms with Crippen LogP contribution in [-0.4, -0.2) is 35.4 Å². The van der Waals surface area contributed by atoms with E-state index >= 15 is 0 Å². The lowest BCUT2D eigenvalue weighted by molar-refractivity contribution is -0.122. The lowest BCUT2D eigenvalue weighted by Gasteiger charge is -2.17. The first-order valence-corrected chi connectivity index (χ1v) is 6.07. The van der Waals surface area contributed by atoms with Crippen molar-refractivity contribution in [3.63, 3.8) is 0 Å². The van der Waals surface area contributed by atoms with E-state index in [-0.39, 0.29) is 5.91 Å². The molecule has 1 saturated carbocycles. The first-order valence-electron chi connectivity index (χ1n) is 6.07. The van der Waals surface area contributed by atoms with Gasteiger partial charge in [0.2, 0.25) is 5.91 Å². The molecule has 0 radical (unpaired) electrons. The summed E-state index contributed by atoms with van der Waals surface area (Å²) < 4.78 is 0. The minimum absolute atomic E-state index is 0.0751. The molecule has 6 heteroatoms. The molecule has 0 atom stereocenters. The van der Waals surface area contributed by atoms with Gasteiger partial charge in [-0.1, -0.05) is 6.07 Å². The normalized spacial score (nSPS) is 14.6. The van der Waals surface area contributed by atoms with E-state index < -0.39 is 0 Å². The van der Waals surface area contributed by atoms with E-state index in [9.17, 15) is 4.79 Å². The minimum atomic E-state index is 0.0751. The zero-order chi connectivity index (χ0) is 13.0. The van der Waals surface area contributed by atoms with E-state index in [1.165, 1.54) is 0 Å². The van der Waals surface area contributed by atoms with Gasteiger partial charge in [0.15, 0.2) is 0 Å². The van der Waals surface area contributed by atoms with Crippen LogP contribution in [0.25, 0.3) is 0 Å². The van der Waals surface area contributed by atoms with Crippen LogP contribution in [0, 0.1) is 0 Å². The minimum Gasteiger partial charge on any atom is -0.352 e. The SMILES string of the molecule is CN(CC(=O)NC1CC1)Cc1cccnc1NN. The standard InChI is InChI=1S/C12H19N5O/c1-17(8-11(18)15-10-4-5-10)7-9-3-2-6-14-12(9)16-13/h2-3,6,10H,4-5,7-8,13H2,1H3,(H,14,16)(H,15,18). The van der Waals surface area contributed by atoms with Crippen molar-refractivity contribution in [3.8, 4) is 0 Å². The highest BCUT2D eigenvalue weighted by Gasteiger charge is 2.23. The van der Waals surface area contributed by atoms with Crippen LogP contribution in [0.15, 0.2) is 18.3 Å². The zero-order valence-electron chi connectivity index (χ0n) is 10.5. The molecule has 1 aliphatic rings. The summed E-state index contributed by atoms with van der Waals surface area (Å²) in [6, 6.07) is 4.21. The third kappa shape index (κ3) is 3.68. The van der Waals surface area contributed by atoms with Gasteiger partial charge in [0.05, 0.1) is 6.54 Å². The van der Waals surface area contributed by atoms with Crippen molar-refractivity contribution >= 4 is 11.7 Å². The number of carbonyl (C=O) groups excluding carboxylic acids is 1. The van der Waals surface area contributed by atoms with Crippen LogP contribution in [0.3, 0.4) is 0 Å². The van der Waals surface area contributed by atoms with Gasteiger partial charge < -0.3 is 10.7 Å². The predicted octanol–water partition coefficient (Wildman–Crippen LogP) is 0.0776. The molecule has 0 spiro atoms. The van der Waals surface area contributed by atoms with Crippen LogP contribution in [-0.2, 0) is 11.3 Å². The number of hydrazine groups is 1. The Morgan fingerprint density at radius 1 is 1.61 bits per heavy atom. The van der Waals surface area contributed by atoms with Gasteiger partial charge >= 0.3 is 0 Å². The quantitative estimate of drug-likeness (QED) is 0.491. The summed E-state index contributed by atoms with van der Waals surface area (Å²) in [6.45, 7) is 1.01. The molecule has 0 saturated heterocycles. The number of nitrogens with one attached hydrogen (secondary N) is 2. The topological polar surface area (TPSA) is 83.3 Å². The maximum absolute atomic E-state index is 11.6. The maximum atomic E-state index is 11.6. The molecule has 98 valence electrons. The number of aromatic nitrogens is 1. The van der Waals surface area contributed by atoms with Crippen molar-refractivity contribution in [2.75, 3.05) is 19.0 Å². The molecule has 1 heterocycles. The fraction of sp³-hybridized carbons (Fsp3) is 0.500. The van der Waals surface area contributed by atoms with E-state index in [2.05, 4.69) is 15.7 Å². The Labute approximate surface area is 107 Å². The number of likely N-dealkylation sites (N-methyl/N-ethyl adjacent to an activating group) is 1. The van der Waals surface area contributed by atoms with E-state index in [1.54, 1.807) is 6.20 Å². The van der Waals surface area contributed by atoms with Gasteiger partial charge in [-0.25, -0.2) is 10.8 Å². The summed E-state index contributed by atoms with van der Waals surface area (Å²) in [7, 11) is 1.90. The van der Waals surface area contributed by atoms with Crippen LogP contribution in [0.5, 0.6) is 0 Å². The first kappa shape index (κ1) is 12.8. The lowest BCUT2D eigenvalue weighted by Crippen LogP contribution is -2.36. The average Bonchev–Trinajstić information content (AvgIpc) is 3.13. The molecule has 0 unspecified atom stereocenters. The molecule has 4 N–H and O–H groups in total. The molecular formula is C12H19N5O. The molecule has 18 heavy (non-hydrogen) atoms. The van der Waals surface area contributed by atoms with Crippen LogP contribution in [0.4, 0.5) is 5.82 Å². The predicted molar refractivity (Wildman–Crippen MR) is 69.5 cm³/mol. The number of hydrogen-bond donors (Lipinski definition) is 3. The van der Waals surface area contributed by atoms with Gasteiger partial charge in [-0.2, -0.15) is 0 Å². The lowest BCUT2D eigenvalue weighted by atomic mass is 10.2. The number of amides is 1. The van der Waals surface area contributed by atoms with Gasteiger partial charge in [0.1, 0.15) is 5.82 Å². The van der Waals surface area contributed by atoms with Crippen LogP contribution in [0.1, 0.15) is 18.4 Å². The van der Waals surface area contributed by atoms with Gasteiger partial charge in [-0.15, -0.1) is 0 Å². The van der Waals surface area contributed by atoms with E-state index in [0.29, 0.717) is 24.9 Å². The van der Waals surface area contributed by atoms with Crippen LogP contribution in [0.2, 0.25) is 0 Å². The van der Waals surface area contributed by atoms with Crippen molar-refractivity contribution in [2.45, 2.75) is 25.4 Å². The second-order valence-corrected chi connectivity index (χ2v) is 4.67. The summed E-state index contributed by atoms with van der Waals surface area (Å²) in [4.78, 5) is 17.7. The maximum Gasteiger partial charge on any atom is 0.234 e. The van der Waals surface area contributed by atoms with Crippen molar-refractivity contribution in [3.05, 3.63) is 23.9 Å². The average molecular weight is 249 g/mol. The number of carbonyl (C=O) groups is 1. The van der Waals surface area contributed by atoms with Crippen molar-refractivity contribution in [1.82, 2.24) is 15.2 Å². The Balaban J connectivity index is 1.85. The van der Waals surface area contributed by atoms with Gasteiger partial charge in [0, 0.05) is 24.3 Å². The van der Waals surface area contributed by atoms with Crippen molar-refractivity contribution in [2.24, 2.45) is 5.84 Å². The van der Waals surface area contributed by atoms with Crippen LogP contribution >= 0.6 is 0 Å². The summed E-state index contributed by atoms with van der Waals surface area (Å²) in [5, 5.41) is 2.96. The second-order valence-electron chi connectivity index (χ2n) is 4.67. The molecule has 1 fully saturated rings. The Bertz CT molecular complexity index is 419. The molecule has 1 aromatic heterocycles. The van der Waals surface area contributed by atoms with Crippen molar-refractivity contribution < 1.29 is 4.79 Å². The summed E-state index contributed by atoms with van der Waals surface area (Å²) >= 11 is 0. The zero-order valence-corrected chi connectivity index (χ0v) is 10.5. The number of pyridine rings is 1. The number of nitrogens with two attached hydrogens (primary N) is 1. The second kappa shape index (κ2) is 5.79. The van der Waals surface area contributed by atoms with E-state index in [1.807, 2.05) is 24.1 Å². The smallest absolute Gasteiger partial charge is 0.234 e. The largest absolute Gasteiger partial charge is 0.352 e. The Morgan fingerprint density at radius 2 is 2.39 bits per heavy atom. The van der Waals surface area contributed by atoms with Crippen molar-refractivity contribution in [1.29, 1.82) is 0 Å². The third-order valence-electron chi connectivity index (χ3n) is 2.82. The Kier molecular flexibility index (Phi) is 4.11. The number of nitrogen functional groups attached to an aromatic ring is 1. The number of anilines is 1. The molecule has 0 aliphatic heterocycles. The summed E-state index contributed by atoms with van der Waals surface area (Å²) in [5.41, 5.74) is 3.53. The molecule has 0 aromatic carbocycles. The Morgan fingerprint density at radius 3 is 3.06 bits per heavy atom. The summed E-state index contributed by atoms with van der Waals surface area (Å²) in [6.07, 6.45) is 3.90. The molecule has 1 aliphatic carbocycles. The van der Waals surface area contributed by atoms with Gasteiger partial charge in [0.25, 0.3) is 0 Å². The molecular weight excluding hydrogens is 230 g/mol. The molecule has 1 amide bonds. The first-order chi connectivity index (χ1) is 8.69. The molecule has 2 rings (SSSR count). The highest BCUT2D eigenvalue weighted by atomic mass is 16.2. The fourth-order valence-electron chi connectivity index (χ4n) is 1.79. The summed E-state index contributed by atoms with van der Waals surface area (Å²) in [5.74, 6) is 6.11. The highest BCUT2D eigenvalue weighted by molar-refractivity contribution is 5.78. The Hall–Kier alpha value is -1.66. The van der Waals surface area contributed by atoms with E-state index in [0.717, 1.165) is 18.4 Å². The fourth-order valence-corrected chi connectivity index (χ4v) is 1.79. The van der Waals surface area contributed by atoms with Crippen LogP contribution < -0.4 is 16.6 Å². The number of rotatable bonds is 6.